The van der Waals surface area contributed by atoms with Gasteiger partial charge in [-0.25, -0.2) is 0 Å². The molecule has 1 saturated carbocycles. The van der Waals surface area contributed by atoms with Gasteiger partial charge in [0.05, 0.1) is 0 Å². The number of benzene rings is 1. The summed E-state index contributed by atoms with van der Waals surface area (Å²) >= 11 is 3.50. The first kappa shape index (κ1) is 15.8. The van der Waals surface area contributed by atoms with E-state index in [2.05, 4.69) is 28.2 Å². The van der Waals surface area contributed by atoms with Gasteiger partial charge >= 0.3 is 0 Å². The average molecular weight is 340 g/mol. The fourth-order valence-corrected chi connectivity index (χ4v) is 3.52. The lowest BCUT2D eigenvalue weighted by Crippen LogP contribution is -2.33. The van der Waals surface area contributed by atoms with Crippen LogP contribution >= 0.6 is 15.9 Å². The van der Waals surface area contributed by atoms with Gasteiger partial charge in [0, 0.05) is 22.1 Å². The van der Waals surface area contributed by atoms with Crippen LogP contribution in [0.1, 0.15) is 69.9 Å². The Labute approximate surface area is 131 Å². The molecule has 0 spiro atoms. The Morgan fingerprint density at radius 3 is 2.50 bits per heavy atom. The molecule has 3 heteroatoms. The predicted molar refractivity (Wildman–Crippen MR) is 88.1 cm³/mol. The molecule has 1 aliphatic carbocycles. The maximum Gasteiger partial charge on any atom is 0.120 e. The fraction of sp³-hybridized carbons (Fsp3) is 0.647. The second-order valence-electron chi connectivity index (χ2n) is 5.87. The van der Waals surface area contributed by atoms with E-state index in [1.165, 1.54) is 44.9 Å². The zero-order valence-corrected chi connectivity index (χ0v) is 14.0. The summed E-state index contributed by atoms with van der Waals surface area (Å²) in [5.74, 6) is 0.401. The van der Waals surface area contributed by atoms with E-state index in [0.717, 1.165) is 16.5 Å². The third-order valence-corrected chi connectivity index (χ3v) is 4.81. The van der Waals surface area contributed by atoms with E-state index in [1.54, 1.807) is 6.07 Å². The van der Waals surface area contributed by atoms with Crippen molar-refractivity contribution < 1.29 is 5.11 Å². The van der Waals surface area contributed by atoms with Gasteiger partial charge in [-0.15, -0.1) is 0 Å². The van der Waals surface area contributed by atoms with E-state index >= 15 is 0 Å². The van der Waals surface area contributed by atoms with Crippen LogP contribution in [0.15, 0.2) is 22.7 Å². The molecule has 1 atom stereocenters. The Hall–Kier alpha value is -0.540. The first-order valence-electron chi connectivity index (χ1n) is 7.95. The summed E-state index contributed by atoms with van der Waals surface area (Å²) in [6.07, 6.45) is 10.3. The lowest BCUT2D eigenvalue weighted by molar-refractivity contribution is 0.343. The number of halogens is 1. The van der Waals surface area contributed by atoms with Crippen LogP contribution < -0.4 is 5.32 Å². The van der Waals surface area contributed by atoms with Crippen LogP contribution in [-0.2, 0) is 0 Å². The van der Waals surface area contributed by atoms with Crippen molar-refractivity contribution in [3.8, 4) is 5.75 Å². The Balaban J connectivity index is 2.05. The molecular formula is C17H26BrNO. The molecule has 1 unspecified atom stereocenters. The van der Waals surface area contributed by atoms with Crippen molar-refractivity contribution in [2.45, 2.75) is 70.4 Å². The molecule has 112 valence electrons. The van der Waals surface area contributed by atoms with Crippen molar-refractivity contribution in [2.75, 3.05) is 0 Å². The van der Waals surface area contributed by atoms with Gasteiger partial charge in [-0.3, -0.25) is 0 Å². The van der Waals surface area contributed by atoms with Crippen molar-refractivity contribution >= 4 is 15.9 Å². The molecule has 1 aromatic rings. The van der Waals surface area contributed by atoms with Crippen molar-refractivity contribution in [3.63, 3.8) is 0 Å². The summed E-state index contributed by atoms with van der Waals surface area (Å²) in [4.78, 5) is 0. The van der Waals surface area contributed by atoms with Gasteiger partial charge in [0.15, 0.2) is 0 Å². The van der Waals surface area contributed by atoms with Crippen LogP contribution in [0.4, 0.5) is 0 Å². The maximum atomic E-state index is 10.1. The number of phenolic OH excluding ortho intramolecular Hbond substituents is 1. The number of hydrogen-bond acceptors (Lipinski definition) is 2. The van der Waals surface area contributed by atoms with Crippen molar-refractivity contribution in [1.29, 1.82) is 0 Å². The number of nitrogens with one attached hydrogen (secondary N) is 1. The molecule has 0 saturated heterocycles. The van der Waals surface area contributed by atoms with Crippen LogP contribution in [0.5, 0.6) is 5.75 Å². The lowest BCUT2D eigenvalue weighted by Gasteiger charge is -2.27. The van der Waals surface area contributed by atoms with Crippen molar-refractivity contribution in [1.82, 2.24) is 5.32 Å². The smallest absolute Gasteiger partial charge is 0.120 e. The van der Waals surface area contributed by atoms with E-state index in [-0.39, 0.29) is 6.04 Å². The standard InChI is InChI=1S/C17H26BrNO/c1-2-16(15-12-13(18)10-11-17(15)20)19-14-8-6-4-3-5-7-9-14/h10-12,14,16,19-20H,2-9H2,1H3. The molecule has 2 rings (SSSR count). The largest absolute Gasteiger partial charge is 0.508 e. The van der Waals surface area contributed by atoms with Crippen LogP contribution in [-0.4, -0.2) is 11.1 Å². The topological polar surface area (TPSA) is 32.3 Å². The molecule has 20 heavy (non-hydrogen) atoms. The van der Waals surface area contributed by atoms with E-state index in [1.807, 2.05) is 12.1 Å². The summed E-state index contributed by atoms with van der Waals surface area (Å²) < 4.78 is 1.03. The van der Waals surface area contributed by atoms with Gasteiger partial charge < -0.3 is 10.4 Å². The highest BCUT2D eigenvalue weighted by Crippen LogP contribution is 2.30. The van der Waals surface area contributed by atoms with E-state index in [9.17, 15) is 5.11 Å². The summed E-state index contributed by atoms with van der Waals surface area (Å²) in [6, 6.07) is 6.55. The minimum Gasteiger partial charge on any atom is -0.508 e. The Bertz CT molecular complexity index is 413. The molecule has 0 amide bonds. The van der Waals surface area contributed by atoms with Crippen molar-refractivity contribution in [3.05, 3.63) is 28.2 Å². The van der Waals surface area contributed by atoms with E-state index < -0.39 is 0 Å². The average Bonchev–Trinajstić information content (AvgIpc) is 2.41. The highest BCUT2D eigenvalue weighted by Gasteiger charge is 2.19. The van der Waals surface area contributed by atoms with Gasteiger partial charge in [0.25, 0.3) is 0 Å². The summed E-state index contributed by atoms with van der Waals surface area (Å²) in [6.45, 7) is 2.18. The van der Waals surface area contributed by atoms with Crippen LogP contribution in [0.2, 0.25) is 0 Å². The number of rotatable bonds is 4. The highest BCUT2D eigenvalue weighted by molar-refractivity contribution is 9.10. The molecule has 0 aromatic heterocycles. The zero-order valence-electron chi connectivity index (χ0n) is 12.4. The Morgan fingerprint density at radius 2 is 1.85 bits per heavy atom. The molecule has 2 N–H and O–H groups in total. The molecular weight excluding hydrogens is 314 g/mol. The third kappa shape index (κ3) is 4.49. The molecule has 2 nitrogen and oxygen atoms in total. The highest BCUT2D eigenvalue weighted by atomic mass is 79.9. The molecule has 0 radical (unpaired) electrons. The zero-order chi connectivity index (χ0) is 14.4. The van der Waals surface area contributed by atoms with Crippen LogP contribution in [0, 0.1) is 0 Å². The molecule has 0 heterocycles. The monoisotopic (exact) mass is 339 g/mol. The van der Waals surface area contributed by atoms with Crippen LogP contribution in [0.3, 0.4) is 0 Å². The predicted octanol–water partition coefficient (Wildman–Crippen LogP) is 5.31. The molecule has 0 bridgehead atoms. The first-order valence-corrected chi connectivity index (χ1v) is 8.74. The summed E-state index contributed by atoms with van der Waals surface area (Å²) in [5, 5.41) is 13.9. The van der Waals surface area contributed by atoms with Gasteiger partial charge in [0.2, 0.25) is 0 Å². The fourth-order valence-electron chi connectivity index (χ4n) is 3.14. The molecule has 0 aliphatic heterocycles. The van der Waals surface area contributed by atoms with Gasteiger partial charge in [-0.05, 0) is 37.5 Å². The molecule has 1 fully saturated rings. The quantitative estimate of drug-likeness (QED) is 0.779. The number of phenols is 1. The minimum absolute atomic E-state index is 0.247. The van der Waals surface area contributed by atoms with Crippen LogP contribution in [0.25, 0.3) is 0 Å². The lowest BCUT2D eigenvalue weighted by atomic mass is 9.94. The molecule has 1 aliphatic rings. The second-order valence-corrected chi connectivity index (χ2v) is 6.79. The normalized spacial score (nSPS) is 19.3. The first-order chi connectivity index (χ1) is 9.70. The Kier molecular flexibility index (Phi) is 6.37. The Morgan fingerprint density at radius 1 is 1.20 bits per heavy atom. The van der Waals surface area contributed by atoms with Gasteiger partial charge in [-0.1, -0.05) is 55.0 Å². The van der Waals surface area contributed by atoms with Crippen molar-refractivity contribution in [2.24, 2.45) is 0 Å². The molecule has 1 aromatic carbocycles. The van der Waals surface area contributed by atoms with E-state index in [4.69, 9.17) is 0 Å². The number of hydrogen-bond donors (Lipinski definition) is 2. The van der Waals surface area contributed by atoms with E-state index in [0.29, 0.717) is 11.8 Å². The summed E-state index contributed by atoms with van der Waals surface area (Å²) in [5.41, 5.74) is 1.02. The SMILES string of the molecule is CCC(NC1CCCCCCC1)c1cc(Br)ccc1O. The van der Waals surface area contributed by atoms with Gasteiger partial charge in [0.1, 0.15) is 5.75 Å². The van der Waals surface area contributed by atoms with Gasteiger partial charge in [-0.2, -0.15) is 0 Å². The number of aromatic hydroxyl groups is 1. The maximum absolute atomic E-state index is 10.1. The minimum atomic E-state index is 0.247. The summed E-state index contributed by atoms with van der Waals surface area (Å²) in [7, 11) is 0. The third-order valence-electron chi connectivity index (χ3n) is 4.32. The second kappa shape index (κ2) is 8.04.